The molecule has 1 aliphatic rings. The highest BCUT2D eigenvalue weighted by atomic mass is 16.2. The number of amides is 1. The van der Waals surface area contributed by atoms with E-state index in [0.717, 1.165) is 24.6 Å². The molecular formula is C19H20N4O2. The van der Waals surface area contributed by atoms with E-state index in [1.54, 1.807) is 18.3 Å². The summed E-state index contributed by atoms with van der Waals surface area (Å²) in [4.78, 5) is 30.0. The smallest absolute Gasteiger partial charge is 0.270 e. The molecule has 0 unspecified atom stereocenters. The van der Waals surface area contributed by atoms with Gasteiger partial charge in [0.05, 0.1) is 12.6 Å². The summed E-state index contributed by atoms with van der Waals surface area (Å²) in [6.07, 6.45) is 6.69. The Morgan fingerprint density at radius 1 is 1.24 bits per heavy atom. The molecule has 0 saturated carbocycles. The molecule has 1 saturated heterocycles. The molecule has 6 heteroatoms. The zero-order valence-corrected chi connectivity index (χ0v) is 13.9. The van der Waals surface area contributed by atoms with Gasteiger partial charge in [-0.05, 0) is 42.8 Å². The lowest BCUT2D eigenvalue weighted by Gasteiger charge is -2.35. The number of piperidine rings is 1. The number of aromatic nitrogens is 3. The summed E-state index contributed by atoms with van der Waals surface area (Å²) >= 11 is 0. The Hall–Kier alpha value is -2.89. The second-order valence-corrected chi connectivity index (χ2v) is 6.48. The second kappa shape index (κ2) is 6.55. The zero-order chi connectivity index (χ0) is 17.2. The molecule has 1 atom stereocenters. The first-order valence-corrected chi connectivity index (χ1v) is 8.63. The minimum absolute atomic E-state index is 0.0936. The standard InChI is InChI=1S/C19H20N4O2/c24-18-16-8-2-1-6-14(16)12-17(21-18)19(25)23-11-4-3-7-15(23)13-22-10-5-9-20-22/h1-2,5-6,8-10,12,15H,3-4,7,11,13H2,(H,21,24)/t15-/m1/s1. The Bertz CT molecular complexity index is 945. The van der Waals surface area contributed by atoms with Crippen molar-refractivity contribution in [2.75, 3.05) is 6.54 Å². The number of fused-ring (bicyclic) bond motifs is 1. The number of hydrogen-bond acceptors (Lipinski definition) is 3. The van der Waals surface area contributed by atoms with Crippen LogP contribution in [-0.4, -0.2) is 38.2 Å². The normalized spacial score (nSPS) is 17.8. The molecule has 1 amide bonds. The molecule has 0 spiro atoms. The van der Waals surface area contributed by atoms with Crippen molar-refractivity contribution in [2.45, 2.75) is 31.8 Å². The number of carbonyl (C=O) groups excluding carboxylic acids is 1. The number of likely N-dealkylation sites (tertiary alicyclic amines) is 1. The lowest BCUT2D eigenvalue weighted by atomic mass is 10.0. The molecular weight excluding hydrogens is 316 g/mol. The molecule has 6 nitrogen and oxygen atoms in total. The summed E-state index contributed by atoms with van der Waals surface area (Å²) in [5.41, 5.74) is 0.137. The number of aromatic amines is 1. The van der Waals surface area contributed by atoms with Gasteiger partial charge in [0.2, 0.25) is 0 Å². The van der Waals surface area contributed by atoms with Crippen LogP contribution in [0, 0.1) is 0 Å². The SMILES string of the molecule is O=C(c1cc2ccccc2c(=O)[nH]1)N1CCCC[C@@H]1Cn1cccn1. The van der Waals surface area contributed by atoms with Crippen LogP contribution in [0.5, 0.6) is 0 Å². The van der Waals surface area contributed by atoms with Crippen LogP contribution in [0.4, 0.5) is 0 Å². The maximum Gasteiger partial charge on any atom is 0.270 e. The van der Waals surface area contributed by atoms with Crippen molar-refractivity contribution in [1.29, 1.82) is 0 Å². The van der Waals surface area contributed by atoms with Crippen LogP contribution in [-0.2, 0) is 6.54 Å². The molecule has 0 bridgehead atoms. The number of nitrogens with zero attached hydrogens (tertiary/aromatic N) is 3. The van der Waals surface area contributed by atoms with Gasteiger partial charge < -0.3 is 9.88 Å². The molecule has 1 N–H and O–H groups in total. The molecule has 1 aromatic carbocycles. The summed E-state index contributed by atoms with van der Waals surface area (Å²) in [7, 11) is 0. The highest BCUT2D eigenvalue weighted by molar-refractivity contribution is 5.96. The Labute approximate surface area is 145 Å². The lowest BCUT2D eigenvalue weighted by molar-refractivity contribution is 0.0578. The first-order chi connectivity index (χ1) is 12.2. The summed E-state index contributed by atoms with van der Waals surface area (Å²) in [6.45, 7) is 1.39. The second-order valence-electron chi connectivity index (χ2n) is 6.48. The zero-order valence-electron chi connectivity index (χ0n) is 13.9. The maximum absolute atomic E-state index is 13.1. The summed E-state index contributed by atoms with van der Waals surface area (Å²) < 4.78 is 1.86. The average molecular weight is 336 g/mol. The Morgan fingerprint density at radius 2 is 2.12 bits per heavy atom. The molecule has 3 heterocycles. The van der Waals surface area contributed by atoms with E-state index >= 15 is 0 Å². The lowest BCUT2D eigenvalue weighted by Crippen LogP contribution is -2.46. The number of hydrogen-bond donors (Lipinski definition) is 1. The summed E-state index contributed by atoms with van der Waals surface area (Å²) in [6, 6.07) is 11.1. The molecule has 25 heavy (non-hydrogen) atoms. The third-order valence-corrected chi connectivity index (χ3v) is 4.83. The van der Waals surface area contributed by atoms with Crippen LogP contribution in [0.1, 0.15) is 29.8 Å². The van der Waals surface area contributed by atoms with Gasteiger partial charge in [0, 0.05) is 24.3 Å². The van der Waals surface area contributed by atoms with E-state index < -0.39 is 0 Å². The van der Waals surface area contributed by atoms with Crippen LogP contribution < -0.4 is 5.56 Å². The van der Waals surface area contributed by atoms with Crippen LogP contribution in [0.25, 0.3) is 10.8 Å². The van der Waals surface area contributed by atoms with Crippen molar-refractivity contribution in [1.82, 2.24) is 19.7 Å². The maximum atomic E-state index is 13.1. The van der Waals surface area contributed by atoms with Crippen molar-refractivity contribution in [2.24, 2.45) is 0 Å². The first kappa shape index (κ1) is 15.6. The molecule has 3 aromatic rings. The fraction of sp³-hybridized carbons (Fsp3) is 0.316. The number of pyridine rings is 1. The predicted molar refractivity (Wildman–Crippen MR) is 95.5 cm³/mol. The number of benzene rings is 1. The van der Waals surface area contributed by atoms with Gasteiger partial charge in [-0.25, -0.2) is 0 Å². The van der Waals surface area contributed by atoms with Crippen LogP contribution in [0.15, 0.2) is 53.6 Å². The highest BCUT2D eigenvalue weighted by Gasteiger charge is 2.28. The number of H-pyrrole nitrogens is 1. The number of rotatable bonds is 3. The van der Waals surface area contributed by atoms with Gasteiger partial charge in [-0.2, -0.15) is 5.10 Å². The van der Waals surface area contributed by atoms with Crippen LogP contribution in [0.3, 0.4) is 0 Å². The minimum atomic E-state index is -0.220. The van der Waals surface area contributed by atoms with Gasteiger partial charge in [-0.1, -0.05) is 18.2 Å². The third-order valence-electron chi connectivity index (χ3n) is 4.83. The largest absolute Gasteiger partial charge is 0.333 e. The Morgan fingerprint density at radius 3 is 2.96 bits per heavy atom. The monoisotopic (exact) mass is 336 g/mol. The molecule has 2 aromatic heterocycles. The first-order valence-electron chi connectivity index (χ1n) is 8.63. The van der Waals surface area contributed by atoms with E-state index in [9.17, 15) is 9.59 Å². The quantitative estimate of drug-likeness (QED) is 0.798. The van der Waals surface area contributed by atoms with E-state index in [0.29, 0.717) is 24.2 Å². The third kappa shape index (κ3) is 3.07. The van der Waals surface area contributed by atoms with Gasteiger partial charge in [0.25, 0.3) is 11.5 Å². The van der Waals surface area contributed by atoms with Crippen molar-refractivity contribution in [3.63, 3.8) is 0 Å². The number of nitrogens with one attached hydrogen (secondary N) is 1. The van der Waals surface area contributed by atoms with Gasteiger partial charge in [-0.15, -0.1) is 0 Å². The van der Waals surface area contributed by atoms with Gasteiger partial charge in [0.15, 0.2) is 0 Å². The van der Waals surface area contributed by atoms with Crippen molar-refractivity contribution in [3.05, 3.63) is 64.8 Å². The molecule has 128 valence electrons. The van der Waals surface area contributed by atoms with E-state index in [1.165, 1.54) is 0 Å². The minimum Gasteiger partial charge on any atom is -0.333 e. The summed E-state index contributed by atoms with van der Waals surface area (Å²) in [5.74, 6) is -0.111. The molecule has 1 fully saturated rings. The van der Waals surface area contributed by atoms with Gasteiger partial charge in [-0.3, -0.25) is 14.3 Å². The summed E-state index contributed by atoms with van der Waals surface area (Å²) in [5, 5.41) is 5.64. The molecule has 0 radical (unpaired) electrons. The van der Waals surface area contributed by atoms with Crippen LogP contribution in [0.2, 0.25) is 0 Å². The fourth-order valence-corrected chi connectivity index (χ4v) is 3.56. The molecule has 1 aliphatic heterocycles. The topological polar surface area (TPSA) is 71.0 Å². The Balaban J connectivity index is 1.65. The van der Waals surface area contributed by atoms with Gasteiger partial charge in [0.1, 0.15) is 5.69 Å². The highest BCUT2D eigenvalue weighted by Crippen LogP contribution is 2.21. The van der Waals surface area contributed by atoms with E-state index in [2.05, 4.69) is 10.1 Å². The fourth-order valence-electron chi connectivity index (χ4n) is 3.56. The number of carbonyl (C=O) groups is 1. The van der Waals surface area contributed by atoms with Crippen LogP contribution >= 0.6 is 0 Å². The van der Waals surface area contributed by atoms with Crippen molar-refractivity contribution in [3.8, 4) is 0 Å². The van der Waals surface area contributed by atoms with E-state index in [-0.39, 0.29) is 17.5 Å². The van der Waals surface area contributed by atoms with Crippen molar-refractivity contribution < 1.29 is 4.79 Å². The van der Waals surface area contributed by atoms with Gasteiger partial charge >= 0.3 is 0 Å². The average Bonchev–Trinajstić information content (AvgIpc) is 3.15. The molecule has 0 aliphatic carbocycles. The Kier molecular flexibility index (Phi) is 4.09. The van der Waals surface area contributed by atoms with E-state index in [1.807, 2.05) is 40.0 Å². The van der Waals surface area contributed by atoms with E-state index in [4.69, 9.17) is 0 Å². The molecule has 4 rings (SSSR count). The predicted octanol–water partition coefficient (Wildman–Crippen LogP) is 2.42. The van der Waals surface area contributed by atoms with Crippen molar-refractivity contribution >= 4 is 16.7 Å².